The van der Waals surface area contributed by atoms with E-state index in [1.54, 1.807) is 5.57 Å². The summed E-state index contributed by atoms with van der Waals surface area (Å²) < 4.78 is 0. The molecule has 0 saturated heterocycles. The summed E-state index contributed by atoms with van der Waals surface area (Å²) in [6.45, 7) is 0. The van der Waals surface area contributed by atoms with Gasteiger partial charge in [0, 0.05) is 5.02 Å². The van der Waals surface area contributed by atoms with E-state index >= 15 is 0 Å². The number of aryl methyl sites for hydroxylation is 1. The molecule has 0 aliphatic heterocycles. The van der Waals surface area contributed by atoms with Crippen LogP contribution in [0.15, 0.2) is 48.1 Å². The van der Waals surface area contributed by atoms with Gasteiger partial charge in [0.05, 0.1) is 0 Å². The van der Waals surface area contributed by atoms with E-state index in [0.29, 0.717) is 0 Å². The molecule has 0 heterocycles. The third-order valence-electron chi connectivity index (χ3n) is 4.34. The molecule has 2 aliphatic rings. The zero-order valence-corrected chi connectivity index (χ0v) is 11.5. The molecular weight excluding hydrogens is 252 g/mol. The standard InChI is InChI=1S/C18H15Cl/c19-14-7-10-16-13(11-14)6-9-17-15-4-2-1-3-12(15)5-8-18(16)17/h2,4,6-7,9-11H,1,3,5,8H2. The second-order valence-corrected chi connectivity index (χ2v) is 5.85. The Kier molecular flexibility index (Phi) is 2.53. The van der Waals surface area contributed by atoms with Crippen LogP contribution in [0.2, 0.25) is 5.02 Å². The molecule has 0 atom stereocenters. The maximum Gasteiger partial charge on any atom is 0.0412 e. The Morgan fingerprint density at radius 2 is 1.89 bits per heavy atom. The van der Waals surface area contributed by atoms with Crippen LogP contribution in [0, 0.1) is 0 Å². The number of benzene rings is 2. The monoisotopic (exact) mass is 266 g/mol. The van der Waals surface area contributed by atoms with E-state index in [9.17, 15) is 0 Å². The Morgan fingerprint density at radius 1 is 0.947 bits per heavy atom. The molecule has 0 saturated carbocycles. The van der Waals surface area contributed by atoms with Crippen molar-refractivity contribution in [2.24, 2.45) is 0 Å². The molecule has 4 rings (SSSR count). The average molecular weight is 267 g/mol. The fraction of sp³-hybridized carbons (Fsp3) is 0.222. The maximum atomic E-state index is 6.09. The molecule has 0 N–H and O–H groups in total. The van der Waals surface area contributed by atoms with Crippen molar-refractivity contribution in [2.75, 3.05) is 0 Å². The van der Waals surface area contributed by atoms with Gasteiger partial charge in [-0.2, -0.15) is 0 Å². The van der Waals surface area contributed by atoms with E-state index in [1.807, 2.05) is 6.07 Å². The van der Waals surface area contributed by atoms with E-state index in [1.165, 1.54) is 53.2 Å². The number of hydrogen-bond acceptors (Lipinski definition) is 0. The molecule has 0 bridgehead atoms. The zero-order valence-electron chi connectivity index (χ0n) is 10.7. The number of halogens is 1. The molecule has 0 spiro atoms. The van der Waals surface area contributed by atoms with Gasteiger partial charge in [0.25, 0.3) is 0 Å². The first-order valence-electron chi connectivity index (χ1n) is 6.93. The van der Waals surface area contributed by atoms with Crippen LogP contribution < -0.4 is 0 Å². The Labute approximate surface area is 118 Å². The Balaban J connectivity index is 2.00. The Morgan fingerprint density at radius 3 is 2.84 bits per heavy atom. The van der Waals surface area contributed by atoms with Gasteiger partial charge >= 0.3 is 0 Å². The first kappa shape index (κ1) is 11.3. The van der Waals surface area contributed by atoms with Crippen LogP contribution in [0.1, 0.15) is 30.4 Å². The van der Waals surface area contributed by atoms with Gasteiger partial charge in [0.2, 0.25) is 0 Å². The number of fused-ring (bicyclic) bond motifs is 4. The number of hydrogen-bond donors (Lipinski definition) is 0. The molecule has 0 amide bonds. The van der Waals surface area contributed by atoms with Crippen molar-refractivity contribution in [1.29, 1.82) is 0 Å². The zero-order chi connectivity index (χ0) is 12.8. The summed E-state index contributed by atoms with van der Waals surface area (Å²) in [6.07, 6.45) is 9.45. The molecule has 2 aliphatic carbocycles. The van der Waals surface area contributed by atoms with Crippen molar-refractivity contribution in [3.05, 3.63) is 64.2 Å². The molecule has 2 aromatic rings. The molecule has 0 unspecified atom stereocenters. The molecule has 0 radical (unpaired) electrons. The second-order valence-electron chi connectivity index (χ2n) is 5.42. The first-order chi connectivity index (χ1) is 9.33. The van der Waals surface area contributed by atoms with E-state index in [2.05, 4.69) is 36.4 Å². The third kappa shape index (κ3) is 1.74. The molecule has 0 nitrogen and oxygen atoms in total. The van der Waals surface area contributed by atoms with Crippen LogP contribution >= 0.6 is 11.6 Å². The van der Waals surface area contributed by atoms with Gasteiger partial charge < -0.3 is 0 Å². The topological polar surface area (TPSA) is 0 Å². The summed E-state index contributed by atoms with van der Waals surface area (Å²) in [5.74, 6) is 0. The van der Waals surface area contributed by atoms with Crippen molar-refractivity contribution in [3.63, 3.8) is 0 Å². The minimum Gasteiger partial charge on any atom is -0.0843 e. The number of allylic oxidation sites excluding steroid dienone is 4. The second kappa shape index (κ2) is 4.25. The van der Waals surface area contributed by atoms with Crippen molar-refractivity contribution in [2.45, 2.75) is 25.7 Å². The fourth-order valence-corrected chi connectivity index (χ4v) is 3.59. The molecule has 1 heteroatoms. The largest absolute Gasteiger partial charge is 0.0843 e. The van der Waals surface area contributed by atoms with E-state index in [0.717, 1.165) is 5.02 Å². The minimum absolute atomic E-state index is 0.820. The summed E-state index contributed by atoms with van der Waals surface area (Å²) in [5, 5.41) is 3.45. The van der Waals surface area contributed by atoms with Gasteiger partial charge in [-0.3, -0.25) is 0 Å². The van der Waals surface area contributed by atoms with Crippen LogP contribution in [0.3, 0.4) is 0 Å². The van der Waals surface area contributed by atoms with Gasteiger partial charge in [0.1, 0.15) is 0 Å². The predicted molar refractivity (Wildman–Crippen MR) is 82.6 cm³/mol. The first-order valence-corrected chi connectivity index (χ1v) is 7.31. The normalized spacial score (nSPS) is 17.5. The fourth-order valence-electron chi connectivity index (χ4n) is 3.41. The van der Waals surface area contributed by atoms with Crippen LogP contribution in [0.5, 0.6) is 0 Å². The summed E-state index contributed by atoms with van der Waals surface area (Å²) >= 11 is 6.09. The lowest BCUT2D eigenvalue weighted by atomic mass is 9.80. The van der Waals surface area contributed by atoms with E-state index in [4.69, 9.17) is 11.6 Å². The highest BCUT2D eigenvalue weighted by Crippen LogP contribution is 2.40. The SMILES string of the molecule is Clc1ccc2c3c(ccc2c1)C1=C(CCC=C1)CC3. The Bertz CT molecular complexity index is 735. The van der Waals surface area contributed by atoms with E-state index in [-0.39, 0.29) is 0 Å². The Hall–Kier alpha value is -1.53. The third-order valence-corrected chi connectivity index (χ3v) is 4.57. The molecule has 2 aromatic carbocycles. The highest BCUT2D eigenvalue weighted by atomic mass is 35.5. The molecule has 0 aromatic heterocycles. The molecular formula is C18H15Cl. The lowest BCUT2D eigenvalue weighted by Crippen LogP contribution is -2.06. The predicted octanol–water partition coefficient (Wildman–Crippen LogP) is 5.54. The quantitative estimate of drug-likeness (QED) is 0.587. The lowest BCUT2D eigenvalue weighted by molar-refractivity contribution is 0.831. The average Bonchev–Trinajstić information content (AvgIpc) is 2.46. The van der Waals surface area contributed by atoms with Crippen LogP contribution in [-0.2, 0) is 6.42 Å². The van der Waals surface area contributed by atoms with Crippen molar-refractivity contribution in [3.8, 4) is 0 Å². The lowest BCUT2D eigenvalue weighted by Gasteiger charge is -2.25. The summed E-state index contributed by atoms with van der Waals surface area (Å²) in [4.78, 5) is 0. The summed E-state index contributed by atoms with van der Waals surface area (Å²) in [6, 6.07) is 10.7. The van der Waals surface area contributed by atoms with Gasteiger partial charge in [-0.25, -0.2) is 0 Å². The van der Waals surface area contributed by atoms with Crippen LogP contribution in [0.25, 0.3) is 16.3 Å². The van der Waals surface area contributed by atoms with E-state index < -0.39 is 0 Å². The minimum atomic E-state index is 0.820. The van der Waals surface area contributed by atoms with Crippen molar-refractivity contribution in [1.82, 2.24) is 0 Å². The highest BCUT2D eigenvalue weighted by molar-refractivity contribution is 6.31. The van der Waals surface area contributed by atoms with Gasteiger partial charge in [-0.1, -0.05) is 47.5 Å². The smallest absolute Gasteiger partial charge is 0.0412 e. The summed E-state index contributed by atoms with van der Waals surface area (Å²) in [5.41, 5.74) is 6.05. The molecule has 94 valence electrons. The molecule has 0 fully saturated rings. The highest BCUT2D eigenvalue weighted by Gasteiger charge is 2.20. The van der Waals surface area contributed by atoms with Crippen LogP contribution in [-0.4, -0.2) is 0 Å². The number of rotatable bonds is 0. The molecule has 19 heavy (non-hydrogen) atoms. The maximum absolute atomic E-state index is 6.09. The van der Waals surface area contributed by atoms with Crippen molar-refractivity contribution < 1.29 is 0 Å². The van der Waals surface area contributed by atoms with Crippen molar-refractivity contribution >= 4 is 27.9 Å². The van der Waals surface area contributed by atoms with Crippen LogP contribution in [0.4, 0.5) is 0 Å². The van der Waals surface area contributed by atoms with Gasteiger partial charge in [-0.05, 0) is 65.3 Å². The van der Waals surface area contributed by atoms with Gasteiger partial charge in [0.15, 0.2) is 0 Å². The van der Waals surface area contributed by atoms with Gasteiger partial charge in [-0.15, -0.1) is 0 Å². The summed E-state index contributed by atoms with van der Waals surface area (Å²) in [7, 11) is 0.